The van der Waals surface area contributed by atoms with Crippen molar-refractivity contribution in [1.82, 2.24) is 10.2 Å². The second-order valence-electron chi connectivity index (χ2n) is 4.03. The van der Waals surface area contributed by atoms with E-state index in [0.717, 1.165) is 18.9 Å². The molecule has 2 rings (SSSR count). The van der Waals surface area contributed by atoms with E-state index < -0.39 is 17.4 Å². The Bertz CT molecular complexity index is 350. The van der Waals surface area contributed by atoms with E-state index in [1.54, 1.807) is 0 Å². The van der Waals surface area contributed by atoms with Gasteiger partial charge in [-0.05, 0) is 18.9 Å². The molecule has 15 heavy (non-hydrogen) atoms. The van der Waals surface area contributed by atoms with Crippen molar-refractivity contribution in [2.45, 2.75) is 37.4 Å². The zero-order valence-electron chi connectivity index (χ0n) is 8.06. The van der Waals surface area contributed by atoms with Crippen LogP contribution in [-0.2, 0) is 11.7 Å². The summed E-state index contributed by atoms with van der Waals surface area (Å²) in [7, 11) is 0. The zero-order valence-corrected chi connectivity index (χ0v) is 8.06. The molecule has 3 nitrogen and oxygen atoms in total. The molecular weight excluding hydrogens is 207 g/mol. The quantitative estimate of drug-likeness (QED) is 0.760. The molecule has 6 heteroatoms. The van der Waals surface area contributed by atoms with Crippen LogP contribution in [0.25, 0.3) is 0 Å². The highest BCUT2D eigenvalue weighted by Crippen LogP contribution is 2.37. The Labute approximate surface area is 84.8 Å². The minimum atomic E-state index is -4.40. The van der Waals surface area contributed by atoms with Gasteiger partial charge in [-0.1, -0.05) is 12.8 Å². The lowest BCUT2D eigenvalue weighted by molar-refractivity contribution is -0.141. The highest BCUT2D eigenvalue weighted by atomic mass is 19.4. The average Bonchev–Trinajstić information content (AvgIpc) is 2.69. The van der Waals surface area contributed by atoms with E-state index in [1.807, 2.05) is 0 Å². The van der Waals surface area contributed by atoms with Crippen molar-refractivity contribution in [3.8, 4) is 0 Å². The molecule has 1 aliphatic carbocycles. The maximum absolute atomic E-state index is 12.3. The van der Waals surface area contributed by atoms with E-state index in [1.165, 1.54) is 0 Å². The average molecular weight is 219 g/mol. The third-order valence-electron chi connectivity index (χ3n) is 2.90. The van der Waals surface area contributed by atoms with Crippen LogP contribution in [0, 0.1) is 0 Å². The Hall–Kier alpha value is -1.04. The summed E-state index contributed by atoms with van der Waals surface area (Å²) >= 11 is 0. The topological polar surface area (TPSA) is 54.7 Å². The highest BCUT2D eigenvalue weighted by molar-refractivity contribution is 5.20. The molecule has 1 aliphatic rings. The lowest BCUT2D eigenvalue weighted by atomic mass is 9.95. The van der Waals surface area contributed by atoms with Crippen molar-refractivity contribution in [3.63, 3.8) is 0 Å². The van der Waals surface area contributed by atoms with Crippen molar-refractivity contribution in [2.75, 3.05) is 0 Å². The fraction of sp³-hybridized carbons (Fsp3) is 0.667. The van der Waals surface area contributed by atoms with Gasteiger partial charge < -0.3 is 5.73 Å². The molecule has 0 spiro atoms. The Morgan fingerprint density at radius 3 is 2.40 bits per heavy atom. The van der Waals surface area contributed by atoms with E-state index >= 15 is 0 Å². The number of nitrogens with one attached hydrogen (secondary N) is 1. The van der Waals surface area contributed by atoms with Crippen molar-refractivity contribution in [1.29, 1.82) is 0 Å². The summed E-state index contributed by atoms with van der Waals surface area (Å²) in [5.74, 6) is 0. The van der Waals surface area contributed by atoms with Gasteiger partial charge in [0, 0.05) is 0 Å². The maximum atomic E-state index is 12.3. The smallest absolute Gasteiger partial charge is 0.320 e. The number of aromatic amines is 1. The van der Waals surface area contributed by atoms with Gasteiger partial charge in [0.2, 0.25) is 0 Å². The molecule has 84 valence electrons. The third kappa shape index (κ3) is 1.86. The second kappa shape index (κ2) is 3.23. The van der Waals surface area contributed by atoms with Crippen molar-refractivity contribution in [2.24, 2.45) is 5.73 Å². The van der Waals surface area contributed by atoms with Crippen LogP contribution in [0.15, 0.2) is 6.07 Å². The van der Waals surface area contributed by atoms with E-state index in [4.69, 9.17) is 5.73 Å². The fourth-order valence-electron chi connectivity index (χ4n) is 2.00. The minimum Gasteiger partial charge on any atom is -0.320 e. The van der Waals surface area contributed by atoms with Crippen LogP contribution in [0.2, 0.25) is 0 Å². The summed E-state index contributed by atoms with van der Waals surface area (Å²) in [6.07, 6.45) is -1.06. The summed E-state index contributed by atoms with van der Waals surface area (Å²) in [4.78, 5) is 0. The SMILES string of the molecule is NC1(c2cc(C(F)(F)F)n[nH]2)CCCC1. The van der Waals surface area contributed by atoms with Gasteiger partial charge >= 0.3 is 6.18 Å². The summed E-state index contributed by atoms with van der Waals surface area (Å²) in [5, 5.41) is 5.65. The molecule has 0 atom stereocenters. The van der Waals surface area contributed by atoms with Crippen LogP contribution < -0.4 is 5.73 Å². The summed E-state index contributed by atoms with van der Waals surface area (Å²) < 4.78 is 36.9. The van der Waals surface area contributed by atoms with Crippen molar-refractivity contribution < 1.29 is 13.2 Å². The monoisotopic (exact) mass is 219 g/mol. The molecular formula is C9H12F3N3. The lowest BCUT2D eigenvalue weighted by Crippen LogP contribution is -2.33. The largest absolute Gasteiger partial charge is 0.435 e. The van der Waals surface area contributed by atoms with Crippen LogP contribution in [0.3, 0.4) is 0 Å². The number of alkyl halides is 3. The van der Waals surface area contributed by atoms with Crippen molar-refractivity contribution >= 4 is 0 Å². The molecule has 0 aromatic carbocycles. The normalized spacial score (nSPS) is 20.8. The molecule has 1 heterocycles. The number of H-pyrrole nitrogens is 1. The lowest BCUT2D eigenvalue weighted by Gasteiger charge is -2.20. The first-order valence-electron chi connectivity index (χ1n) is 4.84. The molecule has 0 aliphatic heterocycles. The number of aromatic nitrogens is 2. The number of hydrogen-bond donors (Lipinski definition) is 2. The zero-order chi connectivity index (χ0) is 11.1. The molecule has 1 aromatic rings. The fourth-order valence-corrected chi connectivity index (χ4v) is 2.00. The number of halogens is 3. The predicted molar refractivity (Wildman–Crippen MR) is 47.9 cm³/mol. The predicted octanol–water partition coefficient (Wildman–Crippen LogP) is 2.16. The van der Waals surface area contributed by atoms with E-state index in [9.17, 15) is 13.2 Å². The Morgan fingerprint density at radius 1 is 1.33 bits per heavy atom. The first kappa shape index (κ1) is 10.5. The van der Waals surface area contributed by atoms with E-state index in [-0.39, 0.29) is 0 Å². The van der Waals surface area contributed by atoms with Gasteiger partial charge in [-0.3, -0.25) is 5.10 Å². The molecule has 0 bridgehead atoms. The number of nitrogens with two attached hydrogens (primary N) is 1. The highest BCUT2D eigenvalue weighted by Gasteiger charge is 2.38. The molecule has 0 radical (unpaired) electrons. The van der Waals surface area contributed by atoms with Gasteiger partial charge in [0.05, 0.1) is 11.2 Å². The molecule has 0 saturated heterocycles. The van der Waals surface area contributed by atoms with Crippen molar-refractivity contribution in [3.05, 3.63) is 17.5 Å². The number of nitrogens with zero attached hydrogens (tertiary/aromatic N) is 1. The van der Waals surface area contributed by atoms with Crippen LogP contribution in [-0.4, -0.2) is 10.2 Å². The number of rotatable bonds is 1. The molecule has 1 fully saturated rings. The number of hydrogen-bond acceptors (Lipinski definition) is 2. The Balaban J connectivity index is 2.27. The standard InChI is InChI=1S/C9H12F3N3/c10-9(11,12)7-5-6(14-15-7)8(13)3-1-2-4-8/h5H,1-4,13H2,(H,14,15). The van der Waals surface area contributed by atoms with E-state index in [0.29, 0.717) is 18.5 Å². The summed E-state index contributed by atoms with van der Waals surface area (Å²) in [6, 6.07) is 1.02. The Kier molecular flexibility index (Phi) is 2.26. The summed E-state index contributed by atoms with van der Waals surface area (Å²) in [6.45, 7) is 0. The summed E-state index contributed by atoms with van der Waals surface area (Å²) in [5.41, 5.74) is 4.86. The van der Waals surface area contributed by atoms with Gasteiger partial charge in [0.1, 0.15) is 0 Å². The van der Waals surface area contributed by atoms with Crippen LogP contribution in [0.1, 0.15) is 37.1 Å². The third-order valence-corrected chi connectivity index (χ3v) is 2.90. The molecule has 3 N–H and O–H groups in total. The Morgan fingerprint density at radius 2 is 1.93 bits per heavy atom. The molecule has 0 amide bonds. The molecule has 1 saturated carbocycles. The van der Waals surface area contributed by atoms with Gasteiger partial charge in [-0.15, -0.1) is 0 Å². The van der Waals surface area contributed by atoms with Crippen LogP contribution in [0.5, 0.6) is 0 Å². The minimum absolute atomic E-state index is 0.396. The van der Waals surface area contributed by atoms with Gasteiger partial charge in [0.15, 0.2) is 5.69 Å². The first-order valence-corrected chi connectivity index (χ1v) is 4.84. The van der Waals surface area contributed by atoms with Gasteiger partial charge in [-0.2, -0.15) is 18.3 Å². The van der Waals surface area contributed by atoms with Crippen LogP contribution in [0.4, 0.5) is 13.2 Å². The first-order chi connectivity index (χ1) is 6.92. The van der Waals surface area contributed by atoms with Crippen LogP contribution >= 0.6 is 0 Å². The molecule has 0 unspecified atom stereocenters. The van der Waals surface area contributed by atoms with Gasteiger partial charge in [-0.25, -0.2) is 0 Å². The second-order valence-corrected chi connectivity index (χ2v) is 4.03. The maximum Gasteiger partial charge on any atom is 0.435 e. The molecule has 1 aromatic heterocycles. The van der Waals surface area contributed by atoms with Gasteiger partial charge in [0.25, 0.3) is 0 Å². The van der Waals surface area contributed by atoms with E-state index in [2.05, 4.69) is 10.2 Å².